The molecule has 1 amide bonds. The lowest BCUT2D eigenvalue weighted by atomic mass is 10.2. The molecular weight excluding hydrogens is 274 g/mol. The Morgan fingerprint density at radius 2 is 1.78 bits per heavy atom. The fourth-order valence-corrected chi connectivity index (χ4v) is 2.17. The Morgan fingerprint density at radius 1 is 1.11 bits per heavy atom. The molecule has 0 aliphatic heterocycles. The molecule has 0 atom stereocenters. The molecule has 0 spiro atoms. The predicted molar refractivity (Wildman–Crippen MR) is 70.7 cm³/mol. The number of carbonyl (C=O) groups is 2. The van der Waals surface area contributed by atoms with Crippen molar-refractivity contribution in [2.75, 3.05) is 5.32 Å². The molecule has 0 bridgehead atoms. The lowest BCUT2D eigenvalue weighted by molar-refractivity contribution is 0.0702. The fourth-order valence-electron chi connectivity index (χ4n) is 1.31. The molecular formula is C12H8ClNO3S. The molecule has 6 heteroatoms. The number of amides is 1. The smallest absolute Gasteiger partial charge is 0.345 e. The summed E-state index contributed by atoms with van der Waals surface area (Å²) >= 11 is 6.73. The number of carboxylic acid groups (broad SMARTS) is 1. The third-order valence-corrected chi connectivity index (χ3v) is 3.40. The van der Waals surface area contributed by atoms with Crippen LogP contribution in [-0.4, -0.2) is 17.0 Å². The van der Waals surface area contributed by atoms with Gasteiger partial charge in [-0.05, 0) is 36.4 Å². The van der Waals surface area contributed by atoms with Crippen molar-refractivity contribution in [3.63, 3.8) is 0 Å². The van der Waals surface area contributed by atoms with Crippen LogP contribution in [0.3, 0.4) is 0 Å². The standard InChI is InChI=1S/C12H8ClNO3S/c13-8-3-1-7(2-4-8)11(15)14-10-6-5-9(18-10)12(16)17/h1-6H,(H,14,15)(H,16,17). The van der Waals surface area contributed by atoms with Gasteiger partial charge in [0.25, 0.3) is 5.91 Å². The van der Waals surface area contributed by atoms with Crippen molar-refractivity contribution in [3.8, 4) is 0 Å². The molecule has 2 rings (SSSR count). The number of thiophene rings is 1. The molecule has 1 heterocycles. The van der Waals surface area contributed by atoms with Gasteiger partial charge < -0.3 is 10.4 Å². The molecule has 0 saturated carbocycles. The number of halogens is 1. The molecule has 1 aromatic carbocycles. The number of hydrogen-bond acceptors (Lipinski definition) is 3. The summed E-state index contributed by atoms with van der Waals surface area (Å²) in [6.45, 7) is 0. The van der Waals surface area contributed by atoms with Crippen LogP contribution >= 0.6 is 22.9 Å². The van der Waals surface area contributed by atoms with E-state index < -0.39 is 5.97 Å². The zero-order valence-corrected chi connectivity index (χ0v) is 10.6. The van der Waals surface area contributed by atoms with Gasteiger partial charge in [0.1, 0.15) is 4.88 Å². The summed E-state index contributed by atoms with van der Waals surface area (Å²) in [7, 11) is 0. The minimum Gasteiger partial charge on any atom is -0.477 e. The Hall–Kier alpha value is -1.85. The van der Waals surface area contributed by atoms with E-state index in [1.807, 2.05) is 0 Å². The minimum absolute atomic E-state index is 0.182. The van der Waals surface area contributed by atoms with Crippen LogP contribution in [0, 0.1) is 0 Å². The van der Waals surface area contributed by atoms with Crippen molar-refractivity contribution in [1.29, 1.82) is 0 Å². The number of benzene rings is 1. The van der Waals surface area contributed by atoms with Gasteiger partial charge in [-0.3, -0.25) is 4.79 Å². The number of nitrogens with one attached hydrogen (secondary N) is 1. The van der Waals surface area contributed by atoms with Crippen molar-refractivity contribution >= 4 is 39.8 Å². The van der Waals surface area contributed by atoms with Gasteiger partial charge in [0, 0.05) is 10.6 Å². The Morgan fingerprint density at radius 3 is 2.33 bits per heavy atom. The average molecular weight is 282 g/mol. The van der Waals surface area contributed by atoms with Crippen molar-refractivity contribution in [3.05, 3.63) is 51.9 Å². The predicted octanol–water partition coefficient (Wildman–Crippen LogP) is 3.35. The van der Waals surface area contributed by atoms with Crippen molar-refractivity contribution in [1.82, 2.24) is 0 Å². The second-order valence-corrected chi connectivity index (χ2v) is 4.95. The first kappa shape index (κ1) is 12.6. The largest absolute Gasteiger partial charge is 0.477 e. The van der Waals surface area contributed by atoms with Gasteiger partial charge >= 0.3 is 5.97 Å². The molecule has 0 aliphatic carbocycles. The molecule has 0 unspecified atom stereocenters. The maximum Gasteiger partial charge on any atom is 0.345 e. The van der Waals surface area contributed by atoms with E-state index in [2.05, 4.69) is 5.32 Å². The Kier molecular flexibility index (Phi) is 3.64. The van der Waals surface area contributed by atoms with E-state index in [9.17, 15) is 9.59 Å². The Bertz CT molecular complexity index is 592. The van der Waals surface area contributed by atoms with E-state index in [0.29, 0.717) is 15.6 Å². The van der Waals surface area contributed by atoms with Crippen LogP contribution in [0.5, 0.6) is 0 Å². The monoisotopic (exact) mass is 281 g/mol. The third kappa shape index (κ3) is 2.88. The van der Waals surface area contributed by atoms with Crippen LogP contribution in [-0.2, 0) is 0 Å². The zero-order chi connectivity index (χ0) is 13.1. The normalized spacial score (nSPS) is 10.1. The average Bonchev–Trinajstić information content (AvgIpc) is 2.78. The number of hydrogen-bond donors (Lipinski definition) is 2. The lowest BCUT2D eigenvalue weighted by Crippen LogP contribution is -2.10. The van der Waals surface area contributed by atoms with E-state index >= 15 is 0 Å². The summed E-state index contributed by atoms with van der Waals surface area (Å²) in [6.07, 6.45) is 0. The molecule has 2 aromatic rings. The third-order valence-electron chi connectivity index (χ3n) is 2.16. The second kappa shape index (κ2) is 5.20. The van der Waals surface area contributed by atoms with Crippen molar-refractivity contribution < 1.29 is 14.7 Å². The lowest BCUT2D eigenvalue weighted by Gasteiger charge is -2.02. The van der Waals surface area contributed by atoms with Gasteiger partial charge in [0.2, 0.25) is 0 Å². The number of carbonyl (C=O) groups excluding carboxylic acids is 1. The van der Waals surface area contributed by atoms with E-state index in [1.54, 1.807) is 30.3 Å². The molecule has 92 valence electrons. The molecule has 0 radical (unpaired) electrons. The fraction of sp³-hybridized carbons (Fsp3) is 0. The molecule has 0 saturated heterocycles. The number of aromatic carboxylic acids is 1. The molecule has 18 heavy (non-hydrogen) atoms. The minimum atomic E-state index is -1.01. The van der Waals surface area contributed by atoms with Gasteiger partial charge in [0.05, 0.1) is 5.00 Å². The zero-order valence-electron chi connectivity index (χ0n) is 9.01. The van der Waals surface area contributed by atoms with Gasteiger partial charge in [-0.2, -0.15) is 0 Å². The molecule has 1 aromatic heterocycles. The van der Waals surface area contributed by atoms with Gasteiger partial charge in [-0.25, -0.2) is 4.79 Å². The highest BCUT2D eigenvalue weighted by Gasteiger charge is 2.10. The molecule has 4 nitrogen and oxygen atoms in total. The summed E-state index contributed by atoms with van der Waals surface area (Å²) in [5.41, 5.74) is 0.463. The molecule has 0 aliphatic rings. The van der Waals surface area contributed by atoms with Gasteiger partial charge in [-0.1, -0.05) is 11.6 Å². The van der Waals surface area contributed by atoms with Crippen LogP contribution in [0.1, 0.15) is 20.0 Å². The maximum absolute atomic E-state index is 11.8. The van der Waals surface area contributed by atoms with Crippen LogP contribution in [0.15, 0.2) is 36.4 Å². The first-order chi connectivity index (χ1) is 8.56. The topological polar surface area (TPSA) is 66.4 Å². The highest BCUT2D eigenvalue weighted by atomic mass is 35.5. The summed E-state index contributed by atoms with van der Waals surface area (Å²) in [5, 5.41) is 12.4. The van der Waals surface area contributed by atoms with Crippen molar-refractivity contribution in [2.45, 2.75) is 0 Å². The quantitative estimate of drug-likeness (QED) is 0.906. The second-order valence-electron chi connectivity index (χ2n) is 3.43. The van der Waals surface area contributed by atoms with Crippen LogP contribution in [0.4, 0.5) is 5.00 Å². The summed E-state index contributed by atoms with van der Waals surface area (Å²) in [6, 6.07) is 9.44. The van der Waals surface area contributed by atoms with Crippen LogP contribution in [0.25, 0.3) is 0 Å². The molecule has 2 N–H and O–H groups in total. The van der Waals surface area contributed by atoms with Crippen LogP contribution in [0.2, 0.25) is 5.02 Å². The summed E-state index contributed by atoms with van der Waals surface area (Å²) in [4.78, 5) is 22.7. The van der Waals surface area contributed by atoms with Gasteiger partial charge in [-0.15, -0.1) is 11.3 Å². The van der Waals surface area contributed by atoms with Crippen molar-refractivity contribution in [2.24, 2.45) is 0 Å². The summed E-state index contributed by atoms with van der Waals surface area (Å²) in [5.74, 6) is -1.31. The first-order valence-corrected chi connectivity index (χ1v) is 6.16. The number of carboxylic acids is 1. The van der Waals surface area contributed by atoms with E-state index in [0.717, 1.165) is 11.3 Å². The summed E-state index contributed by atoms with van der Waals surface area (Å²) < 4.78 is 0. The van der Waals surface area contributed by atoms with E-state index in [1.165, 1.54) is 6.07 Å². The van der Waals surface area contributed by atoms with E-state index in [-0.39, 0.29) is 10.8 Å². The van der Waals surface area contributed by atoms with Gasteiger partial charge in [0.15, 0.2) is 0 Å². The maximum atomic E-state index is 11.8. The number of rotatable bonds is 3. The highest BCUT2D eigenvalue weighted by Crippen LogP contribution is 2.22. The van der Waals surface area contributed by atoms with E-state index in [4.69, 9.17) is 16.7 Å². The molecule has 0 fully saturated rings. The van der Waals surface area contributed by atoms with Crippen LogP contribution < -0.4 is 5.32 Å². The highest BCUT2D eigenvalue weighted by molar-refractivity contribution is 7.18. The SMILES string of the molecule is O=C(Nc1ccc(C(=O)O)s1)c1ccc(Cl)cc1. The number of anilines is 1. The Balaban J connectivity index is 2.11. The Labute approximate surface area is 112 Å². The first-order valence-electron chi connectivity index (χ1n) is 4.96.